The molecule has 0 saturated carbocycles. The van der Waals surface area contributed by atoms with Gasteiger partial charge in [0.05, 0.1) is 5.75 Å². The molecule has 2 aromatic rings. The number of nitrogens with zero attached hydrogens (tertiary/aromatic N) is 3. The van der Waals surface area contributed by atoms with Gasteiger partial charge in [-0.1, -0.05) is 23.4 Å². The van der Waals surface area contributed by atoms with Crippen molar-refractivity contribution in [2.24, 2.45) is 0 Å². The molecule has 0 unspecified atom stereocenters. The van der Waals surface area contributed by atoms with Gasteiger partial charge in [0.15, 0.2) is 0 Å². The first kappa shape index (κ1) is 17.3. The Bertz CT molecular complexity index is 694. The Hall–Kier alpha value is -1.53. The molecule has 1 amide bonds. The van der Waals surface area contributed by atoms with Crippen LogP contribution in [0.2, 0.25) is 5.02 Å². The summed E-state index contributed by atoms with van der Waals surface area (Å²) >= 11 is 7.16. The molecular formula is C17H20ClN3O2S. The number of aromatic nitrogens is 2. The van der Waals surface area contributed by atoms with Crippen LogP contribution in [0, 0.1) is 0 Å². The summed E-state index contributed by atoms with van der Waals surface area (Å²) in [6.07, 6.45) is 3.33. The van der Waals surface area contributed by atoms with Gasteiger partial charge in [0.2, 0.25) is 11.8 Å². The molecule has 7 heteroatoms. The van der Waals surface area contributed by atoms with Crippen LogP contribution in [-0.2, 0) is 4.79 Å². The largest absolute Gasteiger partial charge is 0.411 e. The van der Waals surface area contributed by atoms with Gasteiger partial charge in [0, 0.05) is 22.7 Å². The van der Waals surface area contributed by atoms with Gasteiger partial charge in [-0.15, -0.1) is 10.2 Å². The number of likely N-dealkylation sites (tertiary alicyclic amines) is 1. The van der Waals surface area contributed by atoms with Gasteiger partial charge in [0.25, 0.3) is 5.22 Å². The van der Waals surface area contributed by atoms with Crippen LogP contribution >= 0.6 is 23.4 Å². The number of benzene rings is 1. The van der Waals surface area contributed by atoms with Crippen molar-refractivity contribution in [2.45, 2.75) is 50.4 Å². The van der Waals surface area contributed by atoms with E-state index in [-0.39, 0.29) is 5.91 Å². The Kier molecular flexibility index (Phi) is 5.46. The van der Waals surface area contributed by atoms with Crippen LogP contribution in [0.5, 0.6) is 0 Å². The van der Waals surface area contributed by atoms with Gasteiger partial charge in [-0.25, -0.2) is 0 Å². The van der Waals surface area contributed by atoms with Crippen LogP contribution in [-0.4, -0.2) is 38.8 Å². The molecule has 128 valence electrons. The molecule has 24 heavy (non-hydrogen) atoms. The maximum atomic E-state index is 12.5. The number of halogens is 1. The Labute approximate surface area is 150 Å². The van der Waals surface area contributed by atoms with Crippen molar-refractivity contribution >= 4 is 29.3 Å². The topological polar surface area (TPSA) is 59.2 Å². The standard InChI is InChI=1S/C17H20ClN3O2S/c1-11-4-3-5-12(2)21(11)15(22)10-24-17-20-19-16(23-17)13-6-8-14(18)9-7-13/h6-9,11-12H,3-5,10H2,1-2H3/t11-,12-/m1/s1. The first-order valence-electron chi connectivity index (χ1n) is 8.08. The maximum absolute atomic E-state index is 12.5. The molecule has 0 N–H and O–H groups in total. The summed E-state index contributed by atoms with van der Waals surface area (Å²) in [5.74, 6) is 0.879. The van der Waals surface area contributed by atoms with Crippen LogP contribution in [0.15, 0.2) is 33.9 Å². The number of piperidine rings is 1. The smallest absolute Gasteiger partial charge is 0.277 e. The first-order valence-corrected chi connectivity index (χ1v) is 9.44. The summed E-state index contributed by atoms with van der Waals surface area (Å²) in [6, 6.07) is 7.80. The van der Waals surface area contributed by atoms with Crippen molar-refractivity contribution in [1.82, 2.24) is 15.1 Å². The second-order valence-corrected chi connectivity index (χ2v) is 7.46. The third-order valence-corrected chi connectivity index (χ3v) is 5.35. The highest BCUT2D eigenvalue weighted by Crippen LogP contribution is 2.27. The quantitative estimate of drug-likeness (QED) is 0.757. The first-order chi connectivity index (χ1) is 11.5. The molecule has 1 saturated heterocycles. The van der Waals surface area contributed by atoms with E-state index in [1.54, 1.807) is 12.1 Å². The van der Waals surface area contributed by atoms with E-state index in [0.717, 1.165) is 18.4 Å². The predicted octanol–water partition coefficient (Wildman–Crippen LogP) is 4.27. The number of hydrogen-bond donors (Lipinski definition) is 0. The summed E-state index contributed by atoms with van der Waals surface area (Å²) in [4.78, 5) is 14.5. The second-order valence-electron chi connectivity index (χ2n) is 6.10. The second kappa shape index (κ2) is 7.57. The summed E-state index contributed by atoms with van der Waals surface area (Å²) < 4.78 is 5.63. The number of rotatable bonds is 4. The van der Waals surface area contributed by atoms with Gasteiger partial charge in [-0.2, -0.15) is 0 Å². The molecule has 0 spiro atoms. The van der Waals surface area contributed by atoms with E-state index >= 15 is 0 Å². The Morgan fingerprint density at radius 2 is 1.92 bits per heavy atom. The Morgan fingerprint density at radius 3 is 2.58 bits per heavy atom. The molecule has 1 aromatic carbocycles. The van der Waals surface area contributed by atoms with Crippen molar-refractivity contribution < 1.29 is 9.21 Å². The minimum atomic E-state index is 0.131. The highest BCUT2D eigenvalue weighted by Gasteiger charge is 2.29. The average Bonchev–Trinajstić information content (AvgIpc) is 3.02. The third kappa shape index (κ3) is 3.92. The Morgan fingerprint density at radius 1 is 1.25 bits per heavy atom. The van der Waals surface area contributed by atoms with Gasteiger partial charge in [-0.3, -0.25) is 4.79 Å². The molecule has 0 aliphatic carbocycles. The van der Waals surface area contributed by atoms with Crippen molar-refractivity contribution in [2.75, 3.05) is 5.75 Å². The van der Waals surface area contributed by atoms with Crippen molar-refractivity contribution in [3.63, 3.8) is 0 Å². The van der Waals surface area contributed by atoms with E-state index in [9.17, 15) is 4.79 Å². The zero-order chi connectivity index (χ0) is 17.1. The van der Waals surface area contributed by atoms with E-state index in [1.165, 1.54) is 18.2 Å². The summed E-state index contributed by atoms with van der Waals surface area (Å²) in [7, 11) is 0. The normalized spacial score (nSPS) is 21.0. The van der Waals surface area contributed by atoms with E-state index in [4.69, 9.17) is 16.0 Å². The number of amides is 1. The van der Waals surface area contributed by atoms with Crippen molar-refractivity contribution in [3.05, 3.63) is 29.3 Å². The molecule has 5 nitrogen and oxygen atoms in total. The lowest BCUT2D eigenvalue weighted by atomic mass is 9.98. The van der Waals surface area contributed by atoms with Gasteiger partial charge < -0.3 is 9.32 Å². The number of hydrogen-bond acceptors (Lipinski definition) is 5. The van der Waals surface area contributed by atoms with E-state index < -0.39 is 0 Å². The average molecular weight is 366 g/mol. The molecule has 1 aromatic heterocycles. The van der Waals surface area contributed by atoms with Crippen molar-refractivity contribution in [3.8, 4) is 11.5 Å². The number of thioether (sulfide) groups is 1. The molecule has 1 fully saturated rings. The fourth-order valence-corrected chi connectivity index (χ4v) is 3.85. The SMILES string of the molecule is C[C@@H]1CCC[C@@H](C)N1C(=O)CSc1nnc(-c2ccc(Cl)cc2)o1. The monoisotopic (exact) mass is 365 g/mol. The molecule has 1 aliphatic heterocycles. The predicted molar refractivity (Wildman–Crippen MR) is 95.1 cm³/mol. The molecule has 2 heterocycles. The lowest BCUT2D eigenvalue weighted by Crippen LogP contribution is -2.48. The highest BCUT2D eigenvalue weighted by atomic mass is 35.5. The molecular weight excluding hydrogens is 346 g/mol. The molecule has 1 aliphatic rings. The minimum absolute atomic E-state index is 0.131. The van der Waals surface area contributed by atoms with E-state index in [2.05, 4.69) is 24.0 Å². The lowest BCUT2D eigenvalue weighted by Gasteiger charge is -2.39. The van der Waals surface area contributed by atoms with Gasteiger partial charge in [-0.05, 0) is 57.4 Å². The zero-order valence-corrected chi connectivity index (χ0v) is 15.3. The zero-order valence-electron chi connectivity index (χ0n) is 13.7. The molecule has 2 atom stereocenters. The van der Waals surface area contributed by atoms with Crippen LogP contribution in [0.25, 0.3) is 11.5 Å². The van der Waals surface area contributed by atoms with Gasteiger partial charge in [0.1, 0.15) is 0 Å². The van der Waals surface area contributed by atoms with Crippen LogP contribution in [0.4, 0.5) is 0 Å². The van der Waals surface area contributed by atoms with Crippen molar-refractivity contribution in [1.29, 1.82) is 0 Å². The number of carbonyl (C=O) groups excluding carboxylic acids is 1. The fraction of sp³-hybridized carbons (Fsp3) is 0.471. The van der Waals surface area contributed by atoms with Crippen LogP contribution in [0.3, 0.4) is 0 Å². The van der Waals surface area contributed by atoms with Gasteiger partial charge >= 0.3 is 0 Å². The van der Waals surface area contributed by atoms with E-state index in [1.807, 2.05) is 17.0 Å². The van der Waals surface area contributed by atoms with Crippen LogP contribution < -0.4 is 0 Å². The fourth-order valence-electron chi connectivity index (χ4n) is 3.09. The maximum Gasteiger partial charge on any atom is 0.277 e. The van der Waals surface area contributed by atoms with E-state index in [0.29, 0.717) is 34.0 Å². The summed E-state index contributed by atoms with van der Waals surface area (Å²) in [5.41, 5.74) is 0.809. The molecule has 0 bridgehead atoms. The third-order valence-electron chi connectivity index (χ3n) is 4.30. The minimum Gasteiger partial charge on any atom is -0.411 e. The molecule has 0 radical (unpaired) electrons. The lowest BCUT2D eigenvalue weighted by molar-refractivity contribution is -0.134. The number of carbonyl (C=O) groups is 1. The Balaban J connectivity index is 1.61. The summed E-state index contributed by atoms with van der Waals surface area (Å²) in [5, 5.41) is 9.11. The molecule has 3 rings (SSSR count). The highest BCUT2D eigenvalue weighted by molar-refractivity contribution is 7.99. The summed E-state index contributed by atoms with van der Waals surface area (Å²) in [6.45, 7) is 4.23. The van der Waals surface area contributed by atoms with Crippen LogP contribution in [0.1, 0.15) is 33.1 Å².